The Morgan fingerprint density at radius 1 is 1.41 bits per heavy atom. The first-order valence-electron chi connectivity index (χ1n) is 6.83. The molecule has 0 amide bonds. The molecule has 0 fully saturated rings. The molecule has 3 rings (SSSR count). The number of aromatic amines is 1. The van der Waals surface area contributed by atoms with Gasteiger partial charge >= 0.3 is 0 Å². The standard InChI is InChI=1S/C14H15ClN4S3/c1-2-18(8-10-5-6-12(15)22-10)9-19-14(20)16-13(17-19)11-4-3-7-21-11/h3-7H,2,8-9H2,1H3,(H,16,17,20). The van der Waals surface area contributed by atoms with Crippen LogP contribution in [0.25, 0.3) is 10.7 Å². The molecule has 0 aliphatic carbocycles. The Kier molecular flexibility index (Phi) is 5.10. The second-order valence-electron chi connectivity index (χ2n) is 4.75. The van der Waals surface area contributed by atoms with Crippen LogP contribution in [0.3, 0.4) is 0 Å². The van der Waals surface area contributed by atoms with Gasteiger partial charge in [0.1, 0.15) is 0 Å². The number of aromatic nitrogens is 3. The molecule has 0 spiro atoms. The van der Waals surface area contributed by atoms with Crippen molar-refractivity contribution in [2.75, 3.05) is 6.54 Å². The molecule has 0 bridgehead atoms. The van der Waals surface area contributed by atoms with E-state index in [-0.39, 0.29) is 0 Å². The van der Waals surface area contributed by atoms with Crippen LogP contribution in [0.4, 0.5) is 0 Å². The summed E-state index contributed by atoms with van der Waals surface area (Å²) in [7, 11) is 0. The number of H-pyrrole nitrogens is 1. The van der Waals surface area contributed by atoms with Gasteiger partial charge in [-0.3, -0.25) is 10.00 Å². The van der Waals surface area contributed by atoms with Gasteiger partial charge in [-0.2, -0.15) is 4.98 Å². The topological polar surface area (TPSA) is 36.9 Å². The van der Waals surface area contributed by atoms with Gasteiger partial charge in [0.2, 0.25) is 4.77 Å². The lowest BCUT2D eigenvalue weighted by Gasteiger charge is -2.19. The summed E-state index contributed by atoms with van der Waals surface area (Å²) in [5.41, 5.74) is 0. The number of rotatable bonds is 6. The maximum atomic E-state index is 6.00. The van der Waals surface area contributed by atoms with E-state index in [1.54, 1.807) is 22.7 Å². The van der Waals surface area contributed by atoms with Crippen LogP contribution in [0, 0.1) is 4.77 Å². The molecular formula is C14H15ClN4S3. The summed E-state index contributed by atoms with van der Waals surface area (Å²) < 4.78 is 3.30. The third-order valence-electron chi connectivity index (χ3n) is 3.23. The van der Waals surface area contributed by atoms with Gasteiger partial charge in [0.25, 0.3) is 0 Å². The molecule has 4 nitrogen and oxygen atoms in total. The molecule has 0 saturated heterocycles. The third kappa shape index (κ3) is 3.67. The summed E-state index contributed by atoms with van der Waals surface area (Å²) >= 11 is 14.6. The van der Waals surface area contributed by atoms with Gasteiger partial charge < -0.3 is 0 Å². The van der Waals surface area contributed by atoms with Crippen LogP contribution in [-0.4, -0.2) is 26.2 Å². The number of nitrogens with zero attached hydrogens (tertiary/aromatic N) is 3. The first kappa shape index (κ1) is 15.9. The Morgan fingerprint density at radius 3 is 2.91 bits per heavy atom. The highest BCUT2D eigenvalue weighted by Gasteiger charge is 2.10. The number of hydrogen-bond acceptors (Lipinski definition) is 5. The van der Waals surface area contributed by atoms with Crippen LogP contribution >= 0.6 is 46.5 Å². The molecule has 3 heterocycles. The van der Waals surface area contributed by atoms with Crippen LogP contribution < -0.4 is 0 Å². The number of thiophene rings is 2. The van der Waals surface area contributed by atoms with Gasteiger partial charge in [-0.25, -0.2) is 4.68 Å². The summed E-state index contributed by atoms with van der Waals surface area (Å²) in [5.74, 6) is 0.829. The van der Waals surface area contributed by atoms with Crippen molar-refractivity contribution in [2.45, 2.75) is 20.1 Å². The lowest BCUT2D eigenvalue weighted by molar-refractivity contribution is 0.209. The van der Waals surface area contributed by atoms with Crippen molar-refractivity contribution in [3.63, 3.8) is 0 Å². The van der Waals surface area contributed by atoms with Crippen LogP contribution in [0.15, 0.2) is 29.6 Å². The average Bonchev–Trinajstić information content (AvgIpc) is 3.21. The second kappa shape index (κ2) is 7.06. The van der Waals surface area contributed by atoms with Crippen molar-refractivity contribution in [2.24, 2.45) is 0 Å². The smallest absolute Gasteiger partial charge is 0.217 e. The summed E-state index contributed by atoms with van der Waals surface area (Å²) in [6.07, 6.45) is 0. The Balaban J connectivity index is 1.75. The quantitative estimate of drug-likeness (QED) is 0.629. The Morgan fingerprint density at radius 2 is 2.27 bits per heavy atom. The number of nitrogens with one attached hydrogen (secondary N) is 1. The number of hydrogen-bond donors (Lipinski definition) is 1. The minimum absolute atomic E-state index is 0.575. The van der Waals surface area contributed by atoms with E-state index in [0.717, 1.165) is 28.1 Å². The molecule has 0 unspecified atom stereocenters. The fraction of sp³-hybridized carbons (Fsp3) is 0.286. The van der Waals surface area contributed by atoms with Gasteiger partial charge in [-0.05, 0) is 42.3 Å². The largest absolute Gasteiger partial charge is 0.280 e. The van der Waals surface area contributed by atoms with Gasteiger partial charge in [0.05, 0.1) is 15.9 Å². The third-order valence-corrected chi connectivity index (χ3v) is 5.63. The number of halogens is 1. The molecule has 22 heavy (non-hydrogen) atoms. The Hall–Kier alpha value is -0.990. The second-order valence-corrected chi connectivity index (χ2v) is 7.87. The van der Waals surface area contributed by atoms with Crippen molar-refractivity contribution in [3.8, 4) is 10.7 Å². The van der Waals surface area contributed by atoms with Crippen LogP contribution in [0.2, 0.25) is 4.34 Å². The molecule has 116 valence electrons. The SMILES string of the molecule is CCN(Cc1ccc(Cl)s1)Cn1[nH]c(-c2cccs2)nc1=S. The first-order valence-corrected chi connectivity index (χ1v) is 9.31. The zero-order valence-electron chi connectivity index (χ0n) is 12.0. The molecule has 0 aliphatic rings. The first-order chi connectivity index (χ1) is 10.7. The molecule has 0 atom stereocenters. The van der Waals surface area contributed by atoms with Crippen LogP contribution in [-0.2, 0) is 13.2 Å². The molecular weight excluding hydrogens is 356 g/mol. The van der Waals surface area contributed by atoms with Crippen molar-refractivity contribution in [1.29, 1.82) is 0 Å². The van der Waals surface area contributed by atoms with E-state index in [1.165, 1.54) is 4.88 Å². The van der Waals surface area contributed by atoms with E-state index in [1.807, 2.05) is 28.3 Å². The Labute approximate surface area is 147 Å². The molecule has 0 aromatic carbocycles. The summed E-state index contributed by atoms with van der Waals surface area (Å²) in [6, 6.07) is 8.05. The highest BCUT2D eigenvalue weighted by atomic mass is 35.5. The zero-order valence-corrected chi connectivity index (χ0v) is 15.2. The van der Waals surface area contributed by atoms with E-state index >= 15 is 0 Å². The molecule has 1 N–H and O–H groups in total. The molecule has 0 aliphatic heterocycles. The fourth-order valence-corrected chi connectivity index (χ4v) is 4.08. The summed E-state index contributed by atoms with van der Waals surface area (Å²) in [6.45, 7) is 4.59. The normalized spacial score (nSPS) is 11.4. The van der Waals surface area contributed by atoms with Crippen LogP contribution in [0.1, 0.15) is 11.8 Å². The minimum Gasteiger partial charge on any atom is -0.280 e. The van der Waals surface area contributed by atoms with Crippen molar-refractivity contribution >= 4 is 46.5 Å². The fourth-order valence-electron chi connectivity index (χ4n) is 2.09. The van der Waals surface area contributed by atoms with Gasteiger partial charge in [-0.15, -0.1) is 22.7 Å². The molecule has 3 aromatic rings. The lowest BCUT2D eigenvalue weighted by Crippen LogP contribution is -2.26. The molecule has 0 saturated carbocycles. The van der Waals surface area contributed by atoms with Gasteiger partial charge in [0, 0.05) is 11.4 Å². The summed E-state index contributed by atoms with van der Waals surface area (Å²) in [4.78, 5) is 9.07. The van der Waals surface area contributed by atoms with Crippen molar-refractivity contribution in [1.82, 2.24) is 19.7 Å². The van der Waals surface area contributed by atoms with Gasteiger partial charge in [-0.1, -0.05) is 24.6 Å². The lowest BCUT2D eigenvalue weighted by atomic mass is 10.4. The summed E-state index contributed by atoms with van der Waals surface area (Å²) in [5, 5.41) is 5.32. The van der Waals surface area contributed by atoms with E-state index in [9.17, 15) is 0 Å². The van der Waals surface area contributed by atoms with Gasteiger partial charge in [0.15, 0.2) is 5.82 Å². The van der Waals surface area contributed by atoms with E-state index in [4.69, 9.17) is 23.8 Å². The maximum Gasteiger partial charge on any atom is 0.217 e. The predicted octanol–water partition coefficient (Wildman–Crippen LogP) is 4.86. The van der Waals surface area contributed by atoms with Crippen LogP contribution in [0.5, 0.6) is 0 Å². The zero-order chi connectivity index (χ0) is 15.5. The molecule has 8 heteroatoms. The van der Waals surface area contributed by atoms with E-state index in [0.29, 0.717) is 11.4 Å². The van der Waals surface area contributed by atoms with Crippen molar-refractivity contribution < 1.29 is 0 Å². The molecule has 0 radical (unpaired) electrons. The minimum atomic E-state index is 0.575. The average molecular weight is 371 g/mol. The monoisotopic (exact) mass is 370 g/mol. The van der Waals surface area contributed by atoms with E-state index in [2.05, 4.69) is 28.0 Å². The maximum absolute atomic E-state index is 6.00. The van der Waals surface area contributed by atoms with Crippen molar-refractivity contribution in [3.05, 3.63) is 43.6 Å². The predicted molar refractivity (Wildman–Crippen MR) is 96.1 cm³/mol. The highest BCUT2D eigenvalue weighted by molar-refractivity contribution is 7.71. The van der Waals surface area contributed by atoms with E-state index < -0.39 is 0 Å². The molecule has 3 aromatic heterocycles. The Bertz CT molecular complexity index is 787. The highest BCUT2D eigenvalue weighted by Crippen LogP contribution is 2.23.